The number of aryl methyl sites for hydroxylation is 1. The molecule has 1 aliphatic heterocycles. The van der Waals surface area contributed by atoms with E-state index in [2.05, 4.69) is 28.2 Å². The SMILES string of the molecule is CCCCNC(=O)[C@H](Cc1ccccc1)N(Cc1cccc(Br)c1)C(=O)CCc1ccc2c(c1)OCCO2. The van der Waals surface area contributed by atoms with Gasteiger partial charge in [-0.1, -0.05) is 77.8 Å². The number of fused-ring (bicyclic) bond motifs is 1. The molecular weight excluding hydrogens is 544 g/mol. The maximum absolute atomic E-state index is 13.8. The summed E-state index contributed by atoms with van der Waals surface area (Å²) in [6, 6.07) is 23.0. The molecule has 4 rings (SSSR count). The first kappa shape index (κ1) is 27.7. The van der Waals surface area contributed by atoms with Crippen LogP contribution in [0.5, 0.6) is 11.5 Å². The van der Waals surface area contributed by atoms with Crippen molar-refractivity contribution in [2.45, 2.75) is 51.6 Å². The summed E-state index contributed by atoms with van der Waals surface area (Å²) < 4.78 is 12.3. The molecule has 1 N–H and O–H groups in total. The number of rotatable bonds is 12. The van der Waals surface area contributed by atoms with Crippen molar-refractivity contribution in [2.75, 3.05) is 19.8 Å². The van der Waals surface area contributed by atoms with Crippen LogP contribution in [0.4, 0.5) is 0 Å². The number of unbranched alkanes of at least 4 members (excludes halogenated alkanes) is 1. The van der Waals surface area contributed by atoms with Crippen LogP contribution in [0.25, 0.3) is 0 Å². The second-order valence-corrected chi connectivity index (χ2v) is 10.4. The van der Waals surface area contributed by atoms with Crippen molar-refractivity contribution in [3.63, 3.8) is 0 Å². The first-order valence-corrected chi connectivity index (χ1v) is 14.1. The van der Waals surface area contributed by atoms with E-state index in [4.69, 9.17) is 9.47 Å². The van der Waals surface area contributed by atoms with Crippen LogP contribution in [0.3, 0.4) is 0 Å². The molecule has 1 heterocycles. The third-order valence-electron chi connectivity index (χ3n) is 6.58. The van der Waals surface area contributed by atoms with Crippen LogP contribution < -0.4 is 14.8 Å². The number of carbonyl (C=O) groups is 2. The van der Waals surface area contributed by atoms with Crippen LogP contribution in [0.1, 0.15) is 42.9 Å². The number of nitrogens with zero attached hydrogens (tertiary/aromatic N) is 1. The summed E-state index contributed by atoms with van der Waals surface area (Å²) in [7, 11) is 0. The molecule has 2 amide bonds. The number of ether oxygens (including phenoxy) is 2. The molecule has 0 unspecified atom stereocenters. The van der Waals surface area contributed by atoms with Crippen molar-refractivity contribution >= 4 is 27.7 Å². The molecule has 3 aromatic carbocycles. The molecule has 0 aliphatic carbocycles. The minimum atomic E-state index is -0.624. The largest absolute Gasteiger partial charge is 0.486 e. The Labute approximate surface area is 233 Å². The highest BCUT2D eigenvalue weighted by molar-refractivity contribution is 9.10. The zero-order valence-corrected chi connectivity index (χ0v) is 23.4. The Morgan fingerprint density at radius 1 is 0.921 bits per heavy atom. The van der Waals surface area contributed by atoms with Gasteiger partial charge in [-0.05, 0) is 53.8 Å². The normalized spacial score (nSPS) is 13.0. The number of hydrogen-bond acceptors (Lipinski definition) is 4. The Kier molecular flexibility index (Phi) is 10.2. The molecule has 0 bridgehead atoms. The number of carbonyl (C=O) groups excluding carboxylic acids is 2. The van der Waals surface area contributed by atoms with Gasteiger partial charge in [-0.2, -0.15) is 0 Å². The summed E-state index contributed by atoms with van der Waals surface area (Å²) in [6.45, 7) is 4.09. The van der Waals surface area contributed by atoms with Crippen LogP contribution >= 0.6 is 15.9 Å². The zero-order valence-electron chi connectivity index (χ0n) is 21.8. The topological polar surface area (TPSA) is 67.9 Å². The van der Waals surface area contributed by atoms with Gasteiger partial charge in [0, 0.05) is 30.4 Å². The van der Waals surface area contributed by atoms with Gasteiger partial charge in [0.25, 0.3) is 0 Å². The fraction of sp³-hybridized carbons (Fsp3) is 0.355. The maximum atomic E-state index is 13.8. The summed E-state index contributed by atoms with van der Waals surface area (Å²) in [5.74, 6) is 1.26. The van der Waals surface area contributed by atoms with Crippen molar-refractivity contribution in [1.29, 1.82) is 0 Å². The predicted octanol–water partition coefficient (Wildman–Crippen LogP) is 5.71. The fourth-order valence-electron chi connectivity index (χ4n) is 4.53. The maximum Gasteiger partial charge on any atom is 0.243 e. The van der Waals surface area contributed by atoms with E-state index in [0.29, 0.717) is 44.9 Å². The van der Waals surface area contributed by atoms with Gasteiger partial charge in [-0.25, -0.2) is 0 Å². The summed E-state index contributed by atoms with van der Waals surface area (Å²) in [4.78, 5) is 29.1. The van der Waals surface area contributed by atoms with Gasteiger partial charge in [0.05, 0.1) is 0 Å². The van der Waals surface area contributed by atoms with Crippen molar-refractivity contribution in [3.8, 4) is 11.5 Å². The van der Waals surface area contributed by atoms with Gasteiger partial charge in [0.15, 0.2) is 11.5 Å². The molecule has 0 aromatic heterocycles. The lowest BCUT2D eigenvalue weighted by molar-refractivity contribution is -0.141. The minimum Gasteiger partial charge on any atom is -0.486 e. The zero-order chi connectivity index (χ0) is 26.7. The van der Waals surface area contributed by atoms with Crippen LogP contribution in [0, 0.1) is 0 Å². The van der Waals surface area contributed by atoms with Crippen molar-refractivity contribution < 1.29 is 19.1 Å². The number of benzene rings is 3. The predicted molar refractivity (Wildman–Crippen MR) is 152 cm³/mol. The quantitative estimate of drug-likeness (QED) is 0.279. The van der Waals surface area contributed by atoms with E-state index in [1.165, 1.54) is 0 Å². The third-order valence-corrected chi connectivity index (χ3v) is 7.07. The Bertz CT molecular complexity index is 1220. The number of amides is 2. The monoisotopic (exact) mass is 578 g/mol. The first-order valence-electron chi connectivity index (χ1n) is 13.3. The Morgan fingerprint density at radius 3 is 2.45 bits per heavy atom. The Balaban J connectivity index is 1.57. The molecule has 38 heavy (non-hydrogen) atoms. The second kappa shape index (κ2) is 14.0. The summed E-state index contributed by atoms with van der Waals surface area (Å²) >= 11 is 3.54. The highest BCUT2D eigenvalue weighted by Crippen LogP contribution is 2.31. The molecular formula is C31H35BrN2O4. The number of hydrogen-bond donors (Lipinski definition) is 1. The van der Waals surface area contributed by atoms with E-state index in [1.807, 2.05) is 72.8 Å². The van der Waals surface area contributed by atoms with Gasteiger partial charge in [0.1, 0.15) is 19.3 Å². The smallest absolute Gasteiger partial charge is 0.243 e. The van der Waals surface area contributed by atoms with E-state index < -0.39 is 6.04 Å². The molecule has 0 spiro atoms. The number of halogens is 1. The molecule has 3 aromatic rings. The summed E-state index contributed by atoms with van der Waals surface area (Å²) in [5, 5.41) is 3.07. The van der Waals surface area contributed by atoms with Gasteiger partial charge in [-0.15, -0.1) is 0 Å². The van der Waals surface area contributed by atoms with Gasteiger partial charge in [-0.3, -0.25) is 9.59 Å². The average molecular weight is 580 g/mol. The molecule has 200 valence electrons. The van der Waals surface area contributed by atoms with Crippen molar-refractivity contribution in [1.82, 2.24) is 10.2 Å². The van der Waals surface area contributed by atoms with E-state index in [9.17, 15) is 9.59 Å². The standard InChI is InChI=1S/C31H35BrN2O4/c1-2-3-16-33-31(36)27(20-23-8-5-4-6-9-23)34(22-25-10-7-11-26(32)19-25)30(35)15-13-24-12-14-28-29(21-24)38-18-17-37-28/h4-12,14,19,21,27H,2-3,13,15-18,20,22H2,1H3,(H,33,36)/t27-/m0/s1. The molecule has 0 radical (unpaired) electrons. The van der Waals surface area contributed by atoms with Crippen molar-refractivity contribution in [2.24, 2.45) is 0 Å². The second-order valence-electron chi connectivity index (χ2n) is 9.48. The van der Waals surface area contributed by atoms with Gasteiger partial charge < -0.3 is 19.7 Å². The van der Waals surface area contributed by atoms with Crippen molar-refractivity contribution in [3.05, 3.63) is 94.0 Å². The lowest BCUT2D eigenvalue weighted by Gasteiger charge is -2.32. The highest BCUT2D eigenvalue weighted by Gasteiger charge is 2.30. The number of nitrogens with one attached hydrogen (secondary N) is 1. The Morgan fingerprint density at radius 2 is 1.68 bits per heavy atom. The van der Waals surface area contributed by atoms with E-state index >= 15 is 0 Å². The van der Waals surface area contributed by atoms with Gasteiger partial charge >= 0.3 is 0 Å². The lowest BCUT2D eigenvalue weighted by Crippen LogP contribution is -2.50. The van der Waals surface area contributed by atoms with Crippen LogP contribution in [-0.2, 0) is 29.0 Å². The van der Waals surface area contributed by atoms with Crippen LogP contribution in [0.15, 0.2) is 77.3 Å². The molecule has 0 fully saturated rings. The molecule has 1 atom stereocenters. The molecule has 1 aliphatic rings. The summed E-state index contributed by atoms with van der Waals surface area (Å²) in [6.07, 6.45) is 3.15. The van der Waals surface area contributed by atoms with E-state index in [0.717, 1.165) is 39.8 Å². The first-order chi connectivity index (χ1) is 18.5. The lowest BCUT2D eigenvalue weighted by atomic mass is 10.0. The fourth-order valence-corrected chi connectivity index (χ4v) is 4.98. The molecule has 0 saturated heterocycles. The average Bonchev–Trinajstić information content (AvgIpc) is 2.94. The van der Waals surface area contributed by atoms with Gasteiger partial charge in [0.2, 0.25) is 11.8 Å². The van der Waals surface area contributed by atoms with E-state index in [-0.39, 0.29) is 18.2 Å². The molecule has 7 heteroatoms. The minimum absolute atomic E-state index is 0.0635. The molecule has 0 saturated carbocycles. The molecule has 6 nitrogen and oxygen atoms in total. The van der Waals surface area contributed by atoms with Crippen LogP contribution in [-0.4, -0.2) is 42.5 Å². The highest BCUT2D eigenvalue weighted by atomic mass is 79.9. The van der Waals surface area contributed by atoms with E-state index in [1.54, 1.807) is 4.90 Å². The Hall–Kier alpha value is -3.32. The third kappa shape index (κ3) is 7.84. The van der Waals surface area contributed by atoms with Crippen LogP contribution in [0.2, 0.25) is 0 Å². The summed E-state index contributed by atoms with van der Waals surface area (Å²) in [5.41, 5.74) is 2.98.